The number of rotatable bonds is 5. The van der Waals surface area contributed by atoms with Crippen LogP contribution in [0.1, 0.15) is 30.4 Å². The van der Waals surface area contributed by atoms with Crippen molar-refractivity contribution in [2.75, 3.05) is 13.2 Å². The lowest BCUT2D eigenvalue weighted by Gasteiger charge is -2.33. The Morgan fingerprint density at radius 2 is 1.71 bits per heavy atom. The summed E-state index contributed by atoms with van der Waals surface area (Å²) in [5.74, 6) is -1.62. The Morgan fingerprint density at radius 1 is 1.10 bits per heavy atom. The molecule has 6 rings (SSSR count). The molecular weight excluding hydrogens is 396 g/mol. The third-order valence-corrected chi connectivity index (χ3v) is 6.91. The van der Waals surface area contributed by atoms with Crippen molar-refractivity contribution < 1.29 is 24.2 Å². The van der Waals surface area contributed by atoms with E-state index in [0.717, 1.165) is 28.7 Å². The summed E-state index contributed by atoms with van der Waals surface area (Å²) in [5.41, 5.74) is 4.54. The van der Waals surface area contributed by atoms with Crippen molar-refractivity contribution in [3.63, 3.8) is 0 Å². The van der Waals surface area contributed by atoms with Gasteiger partial charge in [0.2, 0.25) is 5.91 Å². The zero-order valence-electron chi connectivity index (χ0n) is 17.2. The molecule has 4 aliphatic rings. The van der Waals surface area contributed by atoms with Gasteiger partial charge >= 0.3 is 12.1 Å². The van der Waals surface area contributed by atoms with Crippen LogP contribution in [-0.2, 0) is 14.3 Å². The number of carbonyl (C=O) groups is 3. The highest BCUT2D eigenvalue weighted by Gasteiger charge is 2.57. The zero-order chi connectivity index (χ0) is 21.7. The van der Waals surface area contributed by atoms with Crippen LogP contribution in [0.3, 0.4) is 0 Å². The molecule has 2 aliphatic carbocycles. The summed E-state index contributed by atoms with van der Waals surface area (Å²) in [6.45, 7) is 2.22. The lowest BCUT2D eigenvalue weighted by atomic mass is 9.74. The van der Waals surface area contributed by atoms with Gasteiger partial charge in [-0.2, -0.15) is 0 Å². The van der Waals surface area contributed by atoms with Crippen LogP contribution >= 0.6 is 0 Å². The Balaban J connectivity index is 1.20. The minimum Gasteiger partial charge on any atom is -0.481 e. The molecule has 2 aromatic carbocycles. The molecule has 0 radical (unpaired) electrons. The molecule has 1 saturated carbocycles. The van der Waals surface area contributed by atoms with E-state index in [-0.39, 0.29) is 30.4 Å². The fraction of sp³-hybridized carbons (Fsp3) is 0.375. The predicted molar refractivity (Wildman–Crippen MR) is 112 cm³/mol. The van der Waals surface area contributed by atoms with Crippen LogP contribution in [0.25, 0.3) is 11.1 Å². The van der Waals surface area contributed by atoms with E-state index in [1.807, 2.05) is 36.4 Å². The Bertz CT molecular complexity index is 1020. The molecule has 2 saturated heterocycles. The molecule has 2 heterocycles. The second-order valence-corrected chi connectivity index (χ2v) is 8.61. The van der Waals surface area contributed by atoms with Crippen LogP contribution in [0.15, 0.2) is 48.5 Å². The van der Waals surface area contributed by atoms with E-state index in [1.54, 1.807) is 11.8 Å². The first-order valence-electron chi connectivity index (χ1n) is 10.6. The average molecular weight is 420 g/mol. The first kappa shape index (κ1) is 19.6. The van der Waals surface area contributed by atoms with E-state index in [0.29, 0.717) is 6.54 Å². The van der Waals surface area contributed by atoms with Gasteiger partial charge < -0.3 is 20.1 Å². The van der Waals surface area contributed by atoms with E-state index in [4.69, 9.17) is 4.74 Å². The number of hydrogen-bond donors (Lipinski definition) is 2. The third-order valence-electron chi connectivity index (χ3n) is 6.91. The van der Waals surface area contributed by atoms with Gasteiger partial charge in [0.25, 0.3) is 0 Å². The van der Waals surface area contributed by atoms with Gasteiger partial charge in [0, 0.05) is 18.5 Å². The molecule has 4 atom stereocenters. The Hall–Kier alpha value is -3.35. The first-order chi connectivity index (χ1) is 15.0. The Labute approximate surface area is 180 Å². The smallest absolute Gasteiger partial charge is 0.407 e. The van der Waals surface area contributed by atoms with Crippen LogP contribution in [-0.4, -0.2) is 53.2 Å². The highest BCUT2D eigenvalue weighted by molar-refractivity contribution is 5.87. The van der Waals surface area contributed by atoms with Gasteiger partial charge in [0.15, 0.2) is 0 Å². The van der Waals surface area contributed by atoms with Gasteiger partial charge in [0.1, 0.15) is 12.6 Å². The van der Waals surface area contributed by atoms with E-state index in [2.05, 4.69) is 17.4 Å². The summed E-state index contributed by atoms with van der Waals surface area (Å²) in [6.07, 6.45) is 0.0736. The number of amides is 2. The maximum atomic E-state index is 12.7. The maximum absolute atomic E-state index is 12.7. The molecular formula is C24H24N2O5. The minimum absolute atomic E-state index is 0.0214. The number of carbonyl (C=O) groups excluding carboxylic acids is 2. The predicted octanol–water partition coefficient (Wildman–Crippen LogP) is 2.85. The molecule has 2 N–H and O–H groups in total. The largest absolute Gasteiger partial charge is 0.481 e. The van der Waals surface area contributed by atoms with Gasteiger partial charge in [-0.25, -0.2) is 4.79 Å². The summed E-state index contributed by atoms with van der Waals surface area (Å²) in [5, 5.41) is 11.9. The average Bonchev–Trinajstić information content (AvgIpc) is 3.42. The minimum atomic E-state index is -0.853. The van der Waals surface area contributed by atoms with Crippen LogP contribution in [0.5, 0.6) is 0 Å². The van der Waals surface area contributed by atoms with Gasteiger partial charge in [-0.15, -0.1) is 0 Å². The number of alkyl carbamates (subject to hydrolysis) is 1. The molecule has 160 valence electrons. The Kier molecular flexibility index (Phi) is 4.68. The molecule has 2 aromatic rings. The second-order valence-electron chi connectivity index (χ2n) is 8.61. The van der Waals surface area contributed by atoms with Crippen LogP contribution in [0.4, 0.5) is 4.79 Å². The fourth-order valence-corrected chi connectivity index (χ4v) is 5.37. The highest BCUT2D eigenvalue weighted by Crippen LogP contribution is 2.47. The number of aliphatic carboxylic acids is 1. The molecule has 7 heteroatoms. The summed E-state index contributed by atoms with van der Waals surface area (Å²) in [6, 6.07) is 15.1. The standard InChI is InChI=1S/C24H24N2O5/c1-13(22(27)26-11-14-10-20(26)21(14)23(28)29)25-24(30)31-12-19-17-8-4-2-6-15(17)16-7-3-5-9-18(16)19/h2-9,13-14,19-21H,10-12H2,1H3,(H,25,30)(H,28,29). The lowest BCUT2D eigenvalue weighted by molar-refractivity contribution is -0.148. The van der Waals surface area contributed by atoms with Crippen LogP contribution in [0, 0.1) is 11.8 Å². The maximum Gasteiger partial charge on any atom is 0.407 e. The normalized spacial score (nSPS) is 24.0. The number of hydrogen-bond acceptors (Lipinski definition) is 4. The number of fused-ring (bicyclic) bond motifs is 4. The molecule has 2 aliphatic heterocycles. The number of ether oxygens (including phenoxy) is 1. The van der Waals surface area contributed by atoms with E-state index < -0.39 is 24.0 Å². The van der Waals surface area contributed by atoms with Crippen molar-refractivity contribution in [2.24, 2.45) is 11.8 Å². The fourth-order valence-electron chi connectivity index (χ4n) is 5.37. The van der Waals surface area contributed by atoms with Gasteiger partial charge in [-0.1, -0.05) is 48.5 Å². The lowest BCUT2D eigenvalue weighted by Crippen LogP contribution is -2.50. The van der Waals surface area contributed by atoms with E-state index >= 15 is 0 Å². The number of carboxylic acid groups (broad SMARTS) is 1. The quantitative estimate of drug-likeness (QED) is 0.776. The molecule has 0 aromatic heterocycles. The number of benzene rings is 2. The molecule has 2 bridgehead atoms. The van der Waals surface area contributed by atoms with E-state index in [9.17, 15) is 19.5 Å². The zero-order valence-corrected chi connectivity index (χ0v) is 17.2. The third kappa shape index (κ3) is 3.15. The number of nitrogens with zero attached hydrogens (tertiary/aromatic N) is 1. The molecule has 31 heavy (non-hydrogen) atoms. The van der Waals surface area contributed by atoms with E-state index in [1.165, 1.54) is 0 Å². The first-order valence-corrected chi connectivity index (χ1v) is 10.6. The van der Waals surface area contributed by atoms with Crippen molar-refractivity contribution in [3.8, 4) is 11.1 Å². The number of nitrogens with one attached hydrogen (secondary N) is 1. The van der Waals surface area contributed by atoms with Crippen molar-refractivity contribution in [2.45, 2.75) is 31.3 Å². The van der Waals surface area contributed by atoms with Crippen LogP contribution in [0.2, 0.25) is 0 Å². The monoisotopic (exact) mass is 420 g/mol. The summed E-state index contributed by atoms with van der Waals surface area (Å²) >= 11 is 0. The highest BCUT2D eigenvalue weighted by atomic mass is 16.5. The van der Waals surface area contributed by atoms with Gasteiger partial charge in [0.05, 0.1) is 5.92 Å². The van der Waals surface area contributed by atoms with Crippen molar-refractivity contribution in [1.82, 2.24) is 10.2 Å². The van der Waals surface area contributed by atoms with Crippen molar-refractivity contribution >= 4 is 18.0 Å². The molecule has 2 amide bonds. The SMILES string of the molecule is CC(NC(=O)OCC1c2ccccc2-c2ccccc21)C(=O)N1CC2CC1C2C(=O)O. The van der Waals surface area contributed by atoms with Crippen molar-refractivity contribution in [3.05, 3.63) is 59.7 Å². The van der Waals surface area contributed by atoms with Gasteiger partial charge in [-0.3, -0.25) is 9.59 Å². The number of carboxylic acids is 1. The van der Waals surface area contributed by atoms with Crippen LogP contribution < -0.4 is 5.32 Å². The topological polar surface area (TPSA) is 95.9 Å². The van der Waals surface area contributed by atoms with Gasteiger partial charge in [-0.05, 0) is 41.5 Å². The molecule has 0 spiro atoms. The molecule has 3 fully saturated rings. The summed E-state index contributed by atoms with van der Waals surface area (Å²) in [4.78, 5) is 38.1. The molecule has 7 nitrogen and oxygen atoms in total. The summed E-state index contributed by atoms with van der Waals surface area (Å²) < 4.78 is 5.50. The molecule has 4 unspecified atom stereocenters. The summed E-state index contributed by atoms with van der Waals surface area (Å²) in [7, 11) is 0. The Morgan fingerprint density at radius 3 is 2.29 bits per heavy atom. The van der Waals surface area contributed by atoms with Crippen molar-refractivity contribution in [1.29, 1.82) is 0 Å². The second kappa shape index (κ2) is 7.41.